The minimum absolute atomic E-state index is 0.0684. The first kappa shape index (κ1) is 16.0. The molecule has 2 heterocycles. The molecule has 21 heavy (non-hydrogen) atoms. The number of hydrogen-bond donors (Lipinski definition) is 2. The number of likely N-dealkylation sites (tertiary alicyclic amines) is 2. The van der Waals surface area contributed by atoms with Crippen molar-refractivity contribution >= 4 is 12.0 Å². The molecule has 2 aliphatic rings. The fourth-order valence-electron chi connectivity index (χ4n) is 3.37. The van der Waals surface area contributed by atoms with Gasteiger partial charge in [0.25, 0.3) is 0 Å². The number of aliphatic hydroxyl groups is 1. The van der Waals surface area contributed by atoms with Gasteiger partial charge in [0.15, 0.2) is 0 Å². The SMILES string of the molecule is CN(C)CC1CC(O)CN1C(=O)N1CCCC1(C)C(=O)O. The maximum atomic E-state index is 12.8. The van der Waals surface area contributed by atoms with Gasteiger partial charge in [-0.1, -0.05) is 0 Å². The summed E-state index contributed by atoms with van der Waals surface area (Å²) < 4.78 is 0. The van der Waals surface area contributed by atoms with Crippen molar-refractivity contribution in [1.29, 1.82) is 0 Å². The number of carboxylic acids is 1. The van der Waals surface area contributed by atoms with Crippen molar-refractivity contribution in [2.75, 3.05) is 33.7 Å². The van der Waals surface area contributed by atoms with Crippen LogP contribution in [0, 0.1) is 0 Å². The number of urea groups is 1. The van der Waals surface area contributed by atoms with E-state index in [0.717, 1.165) is 0 Å². The summed E-state index contributed by atoms with van der Waals surface area (Å²) in [7, 11) is 3.84. The van der Waals surface area contributed by atoms with Gasteiger partial charge in [0.2, 0.25) is 0 Å². The van der Waals surface area contributed by atoms with Crippen LogP contribution in [0.1, 0.15) is 26.2 Å². The Hall–Kier alpha value is -1.34. The van der Waals surface area contributed by atoms with Gasteiger partial charge in [-0.15, -0.1) is 0 Å². The van der Waals surface area contributed by atoms with Crippen LogP contribution in [0.4, 0.5) is 4.79 Å². The van der Waals surface area contributed by atoms with Crippen LogP contribution in [0.2, 0.25) is 0 Å². The lowest BCUT2D eigenvalue weighted by molar-refractivity contribution is -0.147. The van der Waals surface area contributed by atoms with Gasteiger partial charge in [-0.3, -0.25) is 0 Å². The fourth-order valence-corrected chi connectivity index (χ4v) is 3.37. The van der Waals surface area contributed by atoms with Gasteiger partial charge in [0.1, 0.15) is 5.54 Å². The van der Waals surface area contributed by atoms with Gasteiger partial charge in [-0.2, -0.15) is 0 Å². The van der Waals surface area contributed by atoms with E-state index in [1.54, 1.807) is 11.8 Å². The Morgan fingerprint density at radius 1 is 1.38 bits per heavy atom. The van der Waals surface area contributed by atoms with E-state index in [1.165, 1.54) is 4.90 Å². The third-order valence-electron chi connectivity index (χ3n) is 4.55. The summed E-state index contributed by atoms with van der Waals surface area (Å²) in [5.41, 5.74) is -1.13. The summed E-state index contributed by atoms with van der Waals surface area (Å²) in [6.07, 6.45) is 1.19. The second kappa shape index (κ2) is 5.81. The first-order chi connectivity index (χ1) is 9.75. The molecule has 7 heteroatoms. The van der Waals surface area contributed by atoms with E-state index in [0.29, 0.717) is 32.4 Å². The van der Waals surface area contributed by atoms with Crippen molar-refractivity contribution in [1.82, 2.24) is 14.7 Å². The predicted molar refractivity (Wildman–Crippen MR) is 77.0 cm³/mol. The average molecular weight is 299 g/mol. The first-order valence-electron chi connectivity index (χ1n) is 7.40. The highest BCUT2D eigenvalue weighted by Crippen LogP contribution is 2.32. The molecular weight excluding hydrogens is 274 g/mol. The lowest BCUT2D eigenvalue weighted by atomic mass is 9.99. The molecule has 0 spiro atoms. The number of likely N-dealkylation sites (N-methyl/N-ethyl adjacent to an activating group) is 1. The van der Waals surface area contributed by atoms with Crippen molar-refractivity contribution in [3.05, 3.63) is 0 Å². The minimum Gasteiger partial charge on any atom is -0.480 e. The predicted octanol–water partition coefficient (Wildman–Crippen LogP) is 0.0423. The van der Waals surface area contributed by atoms with E-state index in [2.05, 4.69) is 0 Å². The number of rotatable bonds is 3. The van der Waals surface area contributed by atoms with Crippen molar-refractivity contribution < 1.29 is 19.8 Å². The molecule has 2 N–H and O–H groups in total. The maximum Gasteiger partial charge on any atom is 0.329 e. The van der Waals surface area contributed by atoms with Crippen molar-refractivity contribution in [2.45, 2.75) is 43.9 Å². The van der Waals surface area contributed by atoms with Gasteiger partial charge in [0.05, 0.1) is 6.10 Å². The standard InChI is InChI=1S/C14H25N3O4/c1-14(12(19)20)5-4-6-17(14)13(21)16-9-11(18)7-10(16)8-15(2)3/h10-11,18H,4-9H2,1-3H3,(H,19,20). The van der Waals surface area contributed by atoms with Crippen molar-refractivity contribution in [2.24, 2.45) is 0 Å². The molecule has 0 aromatic carbocycles. The molecule has 0 radical (unpaired) electrons. The number of carbonyl (C=O) groups excluding carboxylic acids is 1. The highest BCUT2D eigenvalue weighted by Gasteiger charge is 2.49. The second-order valence-electron chi connectivity index (χ2n) is 6.57. The van der Waals surface area contributed by atoms with Gasteiger partial charge in [-0.05, 0) is 40.3 Å². The highest BCUT2D eigenvalue weighted by molar-refractivity contribution is 5.87. The van der Waals surface area contributed by atoms with E-state index in [4.69, 9.17) is 0 Å². The molecular formula is C14H25N3O4. The van der Waals surface area contributed by atoms with E-state index in [9.17, 15) is 19.8 Å². The van der Waals surface area contributed by atoms with Gasteiger partial charge >= 0.3 is 12.0 Å². The quantitative estimate of drug-likeness (QED) is 0.769. The number of carbonyl (C=O) groups is 2. The average Bonchev–Trinajstić information content (AvgIpc) is 2.92. The van der Waals surface area contributed by atoms with Gasteiger partial charge in [0, 0.05) is 25.7 Å². The van der Waals surface area contributed by atoms with E-state index >= 15 is 0 Å². The molecule has 2 aliphatic heterocycles. The number of β-amino-alcohol motifs (C(OH)–C–C–N with tert-alkyl or cyclic N) is 1. The largest absolute Gasteiger partial charge is 0.480 e. The molecule has 2 saturated heterocycles. The van der Waals surface area contributed by atoms with Crippen LogP contribution in [0.3, 0.4) is 0 Å². The lowest BCUT2D eigenvalue weighted by Gasteiger charge is -2.37. The van der Waals surface area contributed by atoms with Gasteiger partial charge < -0.3 is 24.9 Å². The molecule has 7 nitrogen and oxygen atoms in total. The first-order valence-corrected chi connectivity index (χ1v) is 7.40. The Kier molecular flexibility index (Phi) is 4.43. The number of aliphatic carboxylic acids is 1. The maximum absolute atomic E-state index is 12.8. The van der Waals surface area contributed by atoms with Crippen LogP contribution in [0.25, 0.3) is 0 Å². The van der Waals surface area contributed by atoms with Crippen LogP contribution in [0.15, 0.2) is 0 Å². The summed E-state index contributed by atoms with van der Waals surface area (Å²) >= 11 is 0. The Morgan fingerprint density at radius 3 is 2.62 bits per heavy atom. The third-order valence-corrected chi connectivity index (χ3v) is 4.55. The fraction of sp³-hybridized carbons (Fsp3) is 0.857. The van der Waals surface area contributed by atoms with Crippen molar-refractivity contribution in [3.63, 3.8) is 0 Å². The minimum atomic E-state index is -1.13. The van der Waals surface area contributed by atoms with Crippen LogP contribution in [0.5, 0.6) is 0 Å². The molecule has 0 aliphatic carbocycles. The molecule has 0 saturated carbocycles. The zero-order valence-corrected chi connectivity index (χ0v) is 12.9. The second-order valence-corrected chi connectivity index (χ2v) is 6.57. The number of nitrogens with zero attached hydrogens (tertiary/aromatic N) is 3. The summed E-state index contributed by atoms with van der Waals surface area (Å²) in [5, 5.41) is 19.3. The van der Waals surface area contributed by atoms with Crippen LogP contribution in [-0.4, -0.2) is 88.3 Å². The van der Waals surface area contributed by atoms with Crippen LogP contribution in [-0.2, 0) is 4.79 Å². The molecule has 2 fully saturated rings. The Bertz CT molecular complexity index is 428. The molecule has 0 bridgehead atoms. The molecule has 0 aromatic heterocycles. The van der Waals surface area contributed by atoms with Crippen molar-refractivity contribution in [3.8, 4) is 0 Å². The number of aliphatic hydroxyl groups excluding tert-OH is 1. The lowest BCUT2D eigenvalue weighted by Crippen LogP contribution is -2.56. The number of carboxylic acid groups (broad SMARTS) is 1. The Labute approximate surface area is 125 Å². The number of hydrogen-bond acceptors (Lipinski definition) is 4. The zero-order valence-electron chi connectivity index (χ0n) is 12.9. The molecule has 0 aromatic rings. The van der Waals surface area contributed by atoms with Crippen LogP contribution < -0.4 is 0 Å². The summed E-state index contributed by atoms with van der Waals surface area (Å²) in [6.45, 7) is 3.01. The highest BCUT2D eigenvalue weighted by atomic mass is 16.4. The monoisotopic (exact) mass is 299 g/mol. The Balaban J connectivity index is 2.16. The van der Waals surface area contributed by atoms with E-state index in [1.807, 2.05) is 19.0 Å². The van der Waals surface area contributed by atoms with E-state index < -0.39 is 17.6 Å². The smallest absolute Gasteiger partial charge is 0.329 e. The normalized spacial score (nSPS) is 33.0. The summed E-state index contributed by atoms with van der Waals surface area (Å²) in [5.74, 6) is -0.961. The molecule has 3 unspecified atom stereocenters. The molecule has 2 amide bonds. The van der Waals surface area contributed by atoms with Gasteiger partial charge in [-0.25, -0.2) is 9.59 Å². The topological polar surface area (TPSA) is 84.3 Å². The molecule has 2 rings (SSSR count). The Morgan fingerprint density at radius 2 is 2.05 bits per heavy atom. The summed E-state index contributed by atoms with van der Waals surface area (Å²) in [4.78, 5) is 29.3. The molecule has 120 valence electrons. The molecule has 3 atom stereocenters. The zero-order chi connectivity index (χ0) is 15.8. The van der Waals surface area contributed by atoms with Crippen LogP contribution >= 0.6 is 0 Å². The van der Waals surface area contributed by atoms with E-state index in [-0.39, 0.29) is 18.6 Å². The third kappa shape index (κ3) is 2.98. The number of amides is 2. The summed E-state index contributed by atoms with van der Waals surface area (Å²) in [6, 6.07) is -0.332.